The number of rotatable bonds is 7. The first-order chi connectivity index (χ1) is 15.5. The van der Waals surface area contributed by atoms with Gasteiger partial charge in [0.15, 0.2) is 0 Å². The van der Waals surface area contributed by atoms with E-state index in [1.807, 2.05) is 30.3 Å². The number of hydrogen-bond acceptors (Lipinski definition) is 7. The van der Waals surface area contributed by atoms with E-state index in [1.165, 1.54) is 13.3 Å². The SMILES string of the molecule is COC(=O)Nc1ccc(OCCN2[C@H](C)CN(C(=O)OCc3ccccc3)C[C@@H]2C)nc1. The monoisotopic (exact) mass is 442 g/mol. The third-order valence-electron chi connectivity index (χ3n) is 5.33. The lowest BCUT2D eigenvalue weighted by molar-refractivity contribution is 0.0191. The van der Waals surface area contributed by atoms with Crippen molar-refractivity contribution in [3.8, 4) is 5.88 Å². The van der Waals surface area contributed by atoms with Crippen molar-refractivity contribution in [1.29, 1.82) is 0 Å². The lowest BCUT2D eigenvalue weighted by atomic mass is 10.1. The Morgan fingerprint density at radius 3 is 2.44 bits per heavy atom. The normalized spacial score (nSPS) is 18.7. The molecule has 9 heteroatoms. The first-order valence-corrected chi connectivity index (χ1v) is 10.6. The zero-order valence-corrected chi connectivity index (χ0v) is 18.7. The van der Waals surface area contributed by atoms with Crippen molar-refractivity contribution < 1.29 is 23.8 Å². The Bertz CT molecular complexity index is 866. The molecule has 2 atom stereocenters. The summed E-state index contributed by atoms with van der Waals surface area (Å²) in [4.78, 5) is 32.0. The maximum Gasteiger partial charge on any atom is 0.411 e. The molecule has 0 unspecified atom stereocenters. The van der Waals surface area contributed by atoms with E-state index in [4.69, 9.17) is 9.47 Å². The highest BCUT2D eigenvalue weighted by molar-refractivity contribution is 5.84. The lowest BCUT2D eigenvalue weighted by Gasteiger charge is -2.43. The molecule has 1 N–H and O–H groups in total. The van der Waals surface area contributed by atoms with Crippen molar-refractivity contribution in [3.05, 3.63) is 54.2 Å². The molecule has 1 aliphatic rings. The Balaban J connectivity index is 1.42. The van der Waals surface area contributed by atoms with E-state index in [-0.39, 0.29) is 24.8 Å². The highest BCUT2D eigenvalue weighted by Crippen LogP contribution is 2.18. The van der Waals surface area contributed by atoms with E-state index in [0.29, 0.717) is 37.8 Å². The highest BCUT2D eigenvalue weighted by atomic mass is 16.6. The molecular formula is C23H30N4O5. The van der Waals surface area contributed by atoms with Crippen LogP contribution in [-0.2, 0) is 16.1 Å². The van der Waals surface area contributed by atoms with E-state index in [1.54, 1.807) is 17.0 Å². The van der Waals surface area contributed by atoms with Gasteiger partial charge in [-0.3, -0.25) is 10.2 Å². The number of nitrogens with one attached hydrogen (secondary N) is 1. The van der Waals surface area contributed by atoms with Crippen LogP contribution in [0.3, 0.4) is 0 Å². The minimum absolute atomic E-state index is 0.172. The average molecular weight is 443 g/mol. The van der Waals surface area contributed by atoms with Gasteiger partial charge in [0.05, 0.1) is 19.0 Å². The number of piperazine rings is 1. The van der Waals surface area contributed by atoms with Crippen LogP contribution in [0.5, 0.6) is 5.88 Å². The molecule has 172 valence electrons. The summed E-state index contributed by atoms with van der Waals surface area (Å²) in [6.45, 7) is 6.84. The Kier molecular flexibility index (Phi) is 8.27. The molecule has 0 spiro atoms. The van der Waals surface area contributed by atoms with Crippen molar-refractivity contribution in [2.75, 3.05) is 38.7 Å². The van der Waals surface area contributed by atoms with E-state index < -0.39 is 6.09 Å². The van der Waals surface area contributed by atoms with Crippen LogP contribution in [0, 0.1) is 0 Å². The molecule has 0 radical (unpaired) electrons. The standard InChI is InChI=1S/C23H30N4O5/c1-17-14-26(23(29)32-16-19-7-5-4-6-8-19)15-18(2)27(17)11-12-31-21-10-9-20(13-24-21)25-22(28)30-3/h4-10,13,17-18H,11-12,14-16H2,1-3H3,(H,25,28)/t17-,18+. The third kappa shape index (κ3) is 6.58. The van der Waals surface area contributed by atoms with Crippen molar-refractivity contribution >= 4 is 17.9 Å². The van der Waals surface area contributed by atoms with Gasteiger partial charge in [-0.1, -0.05) is 30.3 Å². The van der Waals surface area contributed by atoms with Crippen LogP contribution >= 0.6 is 0 Å². The number of hydrogen-bond donors (Lipinski definition) is 1. The van der Waals surface area contributed by atoms with Gasteiger partial charge in [-0.05, 0) is 25.5 Å². The molecule has 2 heterocycles. The quantitative estimate of drug-likeness (QED) is 0.703. The van der Waals surface area contributed by atoms with Crippen LogP contribution in [0.4, 0.5) is 15.3 Å². The molecule has 1 saturated heterocycles. The molecule has 2 amide bonds. The maximum absolute atomic E-state index is 12.5. The van der Waals surface area contributed by atoms with Crippen molar-refractivity contribution in [2.45, 2.75) is 32.5 Å². The first kappa shape index (κ1) is 23.3. The third-order valence-corrected chi connectivity index (χ3v) is 5.33. The molecule has 32 heavy (non-hydrogen) atoms. The van der Waals surface area contributed by atoms with Crippen LogP contribution < -0.4 is 10.1 Å². The number of amides is 2. The number of benzene rings is 1. The molecule has 0 saturated carbocycles. The summed E-state index contributed by atoms with van der Waals surface area (Å²) in [5.41, 5.74) is 1.50. The average Bonchev–Trinajstić information content (AvgIpc) is 2.80. The number of methoxy groups -OCH3 is 1. The molecule has 1 aromatic heterocycles. The van der Waals surface area contributed by atoms with E-state index in [9.17, 15) is 9.59 Å². The number of carbonyl (C=O) groups is 2. The van der Waals surface area contributed by atoms with Crippen molar-refractivity contribution in [2.24, 2.45) is 0 Å². The summed E-state index contributed by atoms with van der Waals surface area (Å²) in [6.07, 6.45) is 0.678. The predicted octanol–water partition coefficient (Wildman–Crippen LogP) is 3.37. The smallest absolute Gasteiger partial charge is 0.411 e. The van der Waals surface area contributed by atoms with Gasteiger partial charge in [0.25, 0.3) is 0 Å². The Labute approximate surface area is 188 Å². The van der Waals surface area contributed by atoms with Crippen LogP contribution in [0.2, 0.25) is 0 Å². The molecule has 3 rings (SSSR count). The minimum atomic E-state index is -0.550. The van der Waals surface area contributed by atoms with Crippen LogP contribution in [0.15, 0.2) is 48.7 Å². The first-order valence-electron chi connectivity index (χ1n) is 10.6. The summed E-state index contributed by atoms with van der Waals surface area (Å²) in [5, 5.41) is 2.54. The summed E-state index contributed by atoms with van der Waals surface area (Å²) in [6, 6.07) is 13.4. The van der Waals surface area contributed by atoms with E-state index in [0.717, 1.165) is 5.56 Å². The van der Waals surface area contributed by atoms with E-state index >= 15 is 0 Å². The van der Waals surface area contributed by atoms with Gasteiger partial charge in [-0.15, -0.1) is 0 Å². The fourth-order valence-electron chi connectivity index (χ4n) is 3.72. The zero-order chi connectivity index (χ0) is 22.9. The highest BCUT2D eigenvalue weighted by Gasteiger charge is 2.32. The van der Waals surface area contributed by atoms with Crippen molar-refractivity contribution in [1.82, 2.24) is 14.8 Å². The molecular weight excluding hydrogens is 412 g/mol. The van der Waals surface area contributed by atoms with E-state index in [2.05, 4.69) is 33.8 Å². The van der Waals surface area contributed by atoms with Crippen LogP contribution in [0.1, 0.15) is 19.4 Å². The molecule has 1 aromatic carbocycles. The van der Waals surface area contributed by atoms with Gasteiger partial charge in [-0.25, -0.2) is 14.6 Å². The molecule has 1 aliphatic heterocycles. The fraction of sp³-hybridized carbons (Fsp3) is 0.435. The lowest BCUT2D eigenvalue weighted by Crippen LogP contribution is -2.58. The molecule has 9 nitrogen and oxygen atoms in total. The number of ether oxygens (including phenoxy) is 3. The summed E-state index contributed by atoms with van der Waals surface area (Å²) in [5.74, 6) is 0.476. The van der Waals surface area contributed by atoms with Gasteiger partial charge in [0.2, 0.25) is 5.88 Å². The minimum Gasteiger partial charge on any atom is -0.476 e. The number of anilines is 1. The second-order valence-electron chi connectivity index (χ2n) is 7.73. The fourth-order valence-corrected chi connectivity index (χ4v) is 3.72. The van der Waals surface area contributed by atoms with Crippen LogP contribution in [-0.4, -0.2) is 72.4 Å². The Morgan fingerprint density at radius 2 is 1.81 bits per heavy atom. The largest absolute Gasteiger partial charge is 0.476 e. The Morgan fingerprint density at radius 1 is 1.09 bits per heavy atom. The Hall–Kier alpha value is -3.33. The maximum atomic E-state index is 12.5. The number of carbonyl (C=O) groups excluding carboxylic acids is 2. The summed E-state index contributed by atoms with van der Waals surface area (Å²) < 4.78 is 15.8. The molecule has 2 aromatic rings. The summed E-state index contributed by atoms with van der Waals surface area (Å²) >= 11 is 0. The zero-order valence-electron chi connectivity index (χ0n) is 18.7. The van der Waals surface area contributed by atoms with Gasteiger partial charge >= 0.3 is 12.2 Å². The predicted molar refractivity (Wildman–Crippen MR) is 120 cm³/mol. The second-order valence-corrected chi connectivity index (χ2v) is 7.73. The molecule has 1 fully saturated rings. The number of nitrogens with zero attached hydrogens (tertiary/aromatic N) is 3. The molecule has 0 bridgehead atoms. The second kappa shape index (κ2) is 11.3. The molecule has 0 aliphatic carbocycles. The number of aromatic nitrogens is 1. The van der Waals surface area contributed by atoms with Gasteiger partial charge in [0.1, 0.15) is 13.2 Å². The number of pyridine rings is 1. The summed E-state index contributed by atoms with van der Waals surface area (Å²) in [7, 11) is 1.30. The van der Waals surface area contributed by atoms with Gasteiger partial charge in [0, 0.05) is 37.8 Å². The van der Waals surface area contributed by atoms with Gasteiger partial charge in [-0.2, -0.15) is 0 Å². The topological polar surface area (TPSA) is 93.2 Å². The van der Waals surface area contributed by atoms with Crippen molar-refractivity contribution in [3.63, 3.8) is 0 Å². The van der Waals surface area contributed by atoms with Crippen LogP contribution in [0.25, 0.3) is 0 Å². The van der Waals surface area contributed by atoms with Gasteiger partial charge < -0.3 is 19.1 Å².